The van der Waals surface area contributed by atoms with Crippen molar-refractivity contribution in [2.45, 2.75) is 76.0 Å². The van der Waals surface area contributed by atoms with Gasteiger partial charge in [-0.15, -0.1) is 0 Å². The van der Waals surface area contributed by atoms with E-state index in [-0.39, 0.29) is 23.4 Å². The molecule has 2 unspecified atom stereocenters. The monoisotopic (exact) mass is 444 g/mol. The molecular weight excluding hydrogens is 404 g/mol. The molecule has 4 heterocycles. The van der Waals surface area contributed by atoms with Gasteiger partial charge in [-0.2, -0.15) is 0 Å². The van der Waals surface area contributed by atoms with Crippen LogP contribution in [0.5, 0.6) is 0 Å². The summed E-state index contributed by atoms with van der Waals surface area (Å²) in [6.07, 6.45) is 4.59. The van der Waals surface area contributed by atoms with Gasteiger partial charge in [-0.25, -0.2) is 0 Å². The van der Waals surface area contributed by atoms with Crippen LogP contribution in [0.15, 0.2) is 24.3 Å². The quantitative estimate of drug-likeness (QED) is 0.711. The lowest BCUT2D eigenvalue weighted by Crippen LogP contribution is -2.56. The number of benzene rings is 1. The molecule has 0 amide bonds. The minimum absolute atomic E-state index is 0.0184. The van der Waals surface area contributed by atoms with Gasteiger partial charge in [0, 0.05) is 91.4 Å². The first-order valence-corrected chi connectivity index (χ1v) is 12.6. The van der Waals surface area contributed by atoms with Gasteiger partial charge in [0.05, 0.1) is 23.4 Å². The Balaban J connectivity index is 1.22. The summed E-state index contributed by atoms with van der Waals surface area (Å²) >= 11 is 0. The van der Waals surface area contributed by atoms with Crippen LogP contribution < -0.4 is 0 Å². The lowest BCUT2D eigenvalue weighted by Gasteiger charge is -2.47. The Morgan fingerprint density at radius 1 is 0.750 bits per heavy atom. The second-order valence-corrected chi connectivity index (χ2v) is 10.6. The van der Waals surface area contributed by atoms with Crippen molar-refractivity contribution in [1.29, 1.82) is 0 Å². The maximum absolute atomic E-state index is 6.42. The lowest BCUT2D eigenvalue weighted by atomic mass is 9.90. The van der Waals surface area contributed by atoms with Crippen molar-refractivity contribution < 1.29 is 18.9 Å². The molecule has 2 spiro atoms. The van der Waals surface area contributed by atoms with E-state index in [0.29, 0.717) is 0 Å². The molecule has 6 nitrogen and oxygen atoms in total. The van der Waals surface area contributed by atoms with Gasteiger partial charge in [-0.1, -0.05) is 24.3 Å². The van der Waals surface area contributed by atoms with E-state index in [0.717, 1.165) is 91.4 Å². The zero-order chi connectivity index (χ0) is 22.0. The summed E-state index contributed by atoms with van der Waals surface area (Å²) in [5.41, 5.74) is 2.77. The highest BCUT2D eigenvalue weighted by Gasteiger charge is 2.42. The highest BCUT2D eigenvalue weighted by molar-refractivity contribution is 5.24. The molecular formula is C26H40N2O4. The summed E-state index contributed by atoms with van der Waals surface area (Å²) in [6, 6.07) is 9.20. The van der Waals surface area contributed by atoms with Crippen LogP contribution in [0.25, 0.3) is 0 Å². The molecule has 0 aromatic heterocycles. The Kier molecular flexibility index (Phi) is 6.89. The molecule has 0 saturated carbocycles. The first kappa shape index (κ1) is 22.8. The topological polar surface area (TPSA) is 43.4 Å². The van der Waals surface area contributed by atoms with E-state index in [1.807, 2.05) is 0 Å². The molecule has 178 valence electrons. The molecule has 4 aliphatic heterocycles. The van der Waals surface area contributed by atoms with Crippen LogP contribution in [0.1, 0.15) is 50.7 Å². The third-order valence-corrected chi connectivity index (χ3v) is 7.57. The van der Waals surface area contributed by atoms with Gasteiger partial charge >= 0.3 is 0 Å². The second kappa shape index (κ2) is 9.69. The Bertz CT molecular complexity index is 701. The molecule has 5 rings (SSSR count). The van der Waals surface area contributed by atoms with E-state index in [4.69, 9.17) is 18.9 Å². The summed E-state index contributed by atoms with van der Waals surface area (Å²) in [7, 11) is 0. The van der Waals surface area contributed by atoms with Gasteiger partial charge < -0.3 is 18.9 Å². The molecule has 1 aromatic carbocycles. The number of ether oxygens (including phenoxy) is 4. The lowest BCUT2D eigenvalue weighted by molar-refractivity contribution is -0.185. The fourth-order valence-electron chi connectivity index (χ4n) is 6.30. The number of hydrogen-bond acceptors (Lipinski definition) is 6. The van der Waals surface area contributed by atoms with Crippen molar-refractivity contribution in [3.05, 3.63) is 35.4 Å². The van der Waals surface area contributed by atoms with Crippen LogP contribution in [0, 0.1) is 0 Å². The number of nitrogens with zero attached hydrogens (tertiary/aromatic N) is 2. The van der Waals surface area contributed by atoms with Gasteiger partial charge in [0.2, 0.25) is 0 Å². The maximum atomic E-state index is 6.42. The van der Waals surface area contributed by atoms with E-state index in [1.165, 1.54) is 11.1 Å². The summed E-state index contributed by atoms with van der Waals surface area (Å²) in [6.45, 7) is 13.7. The molecule has 4 saturated heterocycles. The molecule has 0 N–H and O–H groups in total. The van der Waals surface area contributed by atoms with Gasteiger partial charge in [0.15, 0.2) is 0 Å². The van der Waals surface area contributed by atoms with Crippen LogP contribution >= 0.6 is 0 Å². The Morgan fingerprint density at radius 2 is 1.19 bits per heavy atom. The average Bonchev–Trinajstić information content (AvgIpc) is 2.74. The Labute approximate surface area is 193 Å². The van der Waals surface area contributed by atoms with E-state index in [2.05, 4.69) is 47.9 Å². The van der Waals surface area contributed by atoms with Gasteiger partial charge in [-0.05, 0) is 25.0 Å². The molecule has 4 fully saturated rings. The molecule has 0 radical (unpaired) electrons. The Morgan fingerprint density at radius 3 is 1.62 bits per heavy atom. The number of morpholine rings is 2. The zero-order valence-electron chi connectivity index (χ0n) is 19.9. The fourth-order valence-corrected chi connectivity index (χ4v) is 6.30. The Hall–Kier alpha value is -1.02. The molecule has 6 heteroatoms. The van der Waals surface area contributed by atoms with Crippen molar-refractivity contribution in [3.8, 4) is 0 Å². The van der Waals surface area contributed by atoms with Crippen LogP contribution in [0.4, 0.5) is 0 Å². The van der Waals surface area contributed by atoms with Crippen LogP contribution in [0.3, 0.4) is 0 Å². The van der Waals surface area contributed by atoms with Crippen LogP contribution in [-0.4, -0.2) is 85.8 Å². The second-order valence-electron chi connectivity index (χ2n) is 10.6. The largest absolute Gasteiger partial charge is 0.381 e. The maximum Gasteiger partial charge on any atom is 0.0857 e. The highest BCUT2D eigenvalue weighted by Crippen LogP contribution is 2.33. The van der Waals surface area contributed by atoms with Crippen LogP contribution in [0.2, 0.25) is 0 Å². The first-order valence-electron chi connectivity index (χ1n) is 12.6. The summed E-state index contributed by atoms with van der Waals surface area (Å²) in [5, 5.41) is 0. The predicted molar refractivity (Wildman–Crippen MR) is 124 cm³/mol. The van der Waals surface area contributed by atoms with Gasteiger partial charge in [0.25, 0.3) is 0 Å². The van der Waals surface area contributed by atoms with Gasteiger partial charge in [0.1, 0.15) is 0 Å². The smallest absolute Gasteiger partial charge is 0.0857 e. The predicted octanol–water partition coefficient (Wildman–Crippen LogP) is 3.23. The minimum Gasteiger partial charge on any atom is -0.381 e. The minimum atomic E-state index is -0.0184. The van der Waals surface area contributed by atoms with Crippen molar-refractivity contribution >= 4 is 0 Å². The first-order chi connectivity index (χ1) is 15.5. The van der Waals surface area contributed by atoms with E-state index in [1.54, 1.807) is 0 Å². The normalized spacial score (nSPS) is 31.2. The number of hydrogen-bond donors (Lipinski definition) is 0. The number of rotatable bonds is 4. The van der Waals surface area contributed by atoms with Crippen molar-refractivity contribution in [2.75, 3.05) is 52.6 Å². The van der Waals surface area contributed by atoms with E-state index in [9.17, 15) is 0 Å². The standard InChI is InChI=1S/C26H40N2O4/c1-21-15-27(19-25(31-21)6-10-29-11-7-25)17-23-4-3-5-24(14-23)18-28-16-22(2)32-26(20-28)8-12-30-13-9-26/h3-5,14,21-22H,6-13,15-20H2,1-2H3. The van der Waals surface area contributed by atoms with E-state index < -0.39 is 0 Å². The third-order valence-electron chi connectivity index (χ3n) is 7.57. The average molecular weight is 445 g/mol. The van der Waals surface area contributed by atoms with Crippen molar-refractivity contribution in [3.63, 3.8) is 0 Å². The van der Waals surface area contributed by atoms with E-state index >= 15 is 0 Å². The molecule has 1 aromatic rings. The third kappa shape index (κ3) is 5.37. The highest BCUT2D eigenvalue weighted by atomic mass is 16.5. The molecule has 0 bridgehead atoms. The molecule has 4 aliphatic rings. The van der Waals surface area contributed by atoms with Crippen molar-refractivity contribution in [2.24, 2.45) is 0 Å². The fraction of sp³-hybridized carbons (Fsp3) is 0.769. The molecule has 32 heavy (non-hydrogen) atoms. The zero-order valence-corrected chi connectivity index (χ0v) is 19.9. The summed E-state index contributed by atoms with van der Waals surface area (Å²) in [5.74, 6) is 0. The SMILES string of the molecule is CC1CN(Cc2cccc(CN3CC(C)OC4(CCOCC4)C3)c2)CC2(CCOCC2)O1. The molecule has 2 atom stereocenters. The van der Waals surface area contributed by atoms with Crippen molar-refractivity contribution in [1.82, 2.24) is 9.80 Å². The van der Waals surface area contributed by atoms with Gasteiger partial charge in [-0.3, -0.25) is 9.80 Å². The van der Waals surface area contributed by atoms with Crippen LogP contribution in [-0.2, 0) is 32.0 Å². The summed E-state index contributed by atoms with van der Waals surface area (Å²) < 4.78 is 24.1. The molecule has 0 aliphatic carbocycles. The summed E-state index contributed by atoms with van der Waals surface area (Å²) in [4.78, 5) is 5.18.